The fourth-order valence-electron chi connectivity index (χ4n) is 6.39. The summed E-state index contributed by atoms with van der Waals surface area (Å²) in [7, 11) is 0. The molecule has 4 rings (SSSR count). The lowest BCUT2D eigenvalue weighted by Gasteiger charge is -2.39. The van der Waals surface area contributed by atoms with Gasteiger partial charge in [-0.25, -0.2) is 4.79 Å². The van der Waals surface area contributed by atoms with E-state index in [-0.39, 0.29) is 61.0 Å². The van der Waals surface area contributed by atoms with Gasteiger partial charge in [0.05, 0.1) is 49.1 Å². The van der Waals surface area contributed by atoms with E-state index < -0.39 is 47.4 Å². The average Bonchev–Trinajstić information content (AvgIpc) is 3.68. The Balaban J connectivity index is 1.24. The molecule has 1 spiro atoms. The van der Waals surface area contributed by atoms with Crippen LogP contribution >= 0.6 is 0 Å². The lowest BCUT2D eigenvalue weighted by molar-refractivity contribution is -0.201. The highest BCUT2D eigenvalue weighted by molar-refractivity contribution is 6.02. The number of epoxide rings is 1. The van der Waals surface area contributed by atoms with E-state index in [1.165, 1.54) is 26.8 Å². The molecular formula is C36H51N3O11. The first-order valence-electron chi connectivity index (χ1n) is 17.3. The SMILES string of the molecule is CC(=O)OC(C)/C=C\C(=O)NC1CC(C)C(C/C=C(C)/C=C/C2CC3(CO3)C[C@@H](CC(=O)NC(C)(C)C(=O)ON3C(=O)CCC3=O)O2)OC1C. The highest BCUT2D eigenvalue weighted by atomic mass is 16.7. The molecule has 0 saturated carbocycles. The first kappa shape index (κ1) is 38.9. The Morgan fingerprint density at radius 3 is 2.38 bits per heavy atom. The van der Waals surface area contributed by atoms with Crippen LogP contribution in [0.5, 0.6) is 0 Å². The van der Waals surface area contributed by atoms with Crippen molar-refractivity contribution in [1.29, 1.82) is 0 Å². The largest absolute Gasteiger partial charge is 0.459 e. The van der Waals surface area contributed by atoms with Crippen molar-refractivity contribution in [3.63, 3.8) is 0 Å². The Hall–Kier alpha value is -3.88. The summed E-state index contributed by atoms with van der Waals surface area (Å²) in [5, 5.41) is 6.10. The van der Waals surface area contributed by atoms with Gasteiger partial charge in [0.15, 0.2) is 0 Å². The lowest BCUT2D eigenvalue weighted by atomic mass is 9.88. The molecule has 0 bridgehead atoms. The topological polar surface area (TPSA) is 179 Å². The van der Waals surface area contributed by atoms with Gasteiger partial charge in [-0.1, -0.05) is 30.7 Å². The number of allylic oxidation sites excluding steroid dienone is 2. The molecule has 0 aromatic carbocycles. The van der Waals surface area contributed by atoms with Crippen LogP contribution in [-0.4, -0.2) is 94.9 Å². The van der Waals surface area contributed by atoms with Crippen molar-refractivity contribution in [1.82, 2.24) is 15.7 Å². The molecule has 50 heavy (non-hydrogen) atoms. The van der Waals surface area contributed by atoms with Crippen LogP contribution in [0.4, 0.5) is 0 Å². The third-order valence-electron chi connectivity index (χ3n) is 9.31. The summed E-state index contributed by atoms with van der Waals surface area (Å²) in [6.45, 7) is 12.5. The zero-order chi connectivity index (χ0) is 36.8. The Morgan fingerprint density at radius 1 is 1.06 bits per heavy atom. The summed E-state index contributed by atoms with van der Waals surface area (Å²) < 4.78 is 23.3. The van der Waals surface area contributed by atoms with Gasteiger partial charge in [-0.05, 0) is 59.5 Å². The van der Waals surface area contributed by atoms with Gasteiger partial charge in [0.2, 0.25) is 11.8 Å². The van der Waals surface area contributed by atoms with E-state index in [1.807, 2.05) is 26.0 Å². The second-order valence-electron chi connectivity index (χ2n) is 14.4. The number of rotatable bonds is 13. The van der Waals surface area contributed by atoms with Crippen LogP contribution in [0, 0.1) is 5.92 Å². The van der Waals surface area contributed by atoms with Gasteiger partial charge in [-0.3, -0.25) is 24.0 Å². The summed E-state index contributed by atoms with van der Waals surface area (Å²) in [6, 6.07) is -0.144. The molecule has 4 saturated heterocycles. The number of hydrogen-bond donors (Lipinski definition) is 2. The normalized spacial score (nSPS) is 30.9. The third-order valence-corrected chi connectivity index (χ3v) is 9.31. The number of esters is 1. The number of imide groups is 1. The lowest BCUT2D eigenvalue weighted by Crippen LogP contribution is -2.53. The quantitative estimate of drug-likeness (QED) is 0.0948. The predicted octanol–water partition coefficient (Wildman–Crippen LogP) is 2.89. The second-order valence-corrected chi connectivity index (χ2v) is 14.4. The van der Waals surface area contributed by atoms with Gasteiger partial charge in [0.25, 0.3) is 11.8 Å². The van der Waals surface area contributed by atoms with Crippen LogP contribution < -0.4 is 10.6 Å². The zero-order valence-corrected chi connectivity index (χ0v) is 30.0. The standard InChI is InChI=1S/C36H51N3O11/c1-21(9-12-29-22(2)16-28(24(4)48-29)37-30(41)13-10-23(3)47-25(5)40)8-11-26-18-36(20-46-36)19-27(49-26)17-31(42)38-35(6,7)34(45)50-39-32(43)14-15-33(39)44/h8-11,13,22-24,26-29H,12,14-20H2,1-7H3,(H,37,41)(H,38,42)/b11-8+,13-10-,21-9+/t22?,23?,24?,26?,27-,28?,29?,36?/m1/s1. The summed E-state index contributed by atoms with van der Waals surface area (Å²) >= 11 is 0. The first-order valence-corrected chi connectivity index (χ1v) is 17.3. The number of hydrogen-bond acceptors (Lipinski definition) is 11. The first-order chi connectivity index (χ1) is 23.4. The third kappa shape index (κ3) is 11.1. The van der Waals surface area contributed by atoms with Crippen LogP contribution in [0.1, 0.15) is 93.4 Å². The minimum absolute atomic E-state index is 0.0111. The average molecular weight is 702 g/mol. The van der Waals surface area contributed by atoms with Gasteiger partial charge in [-0.2, -0.15) is 0 Å². The second kappa shape index (κ2) is 16.4. The molecule has 0 radical (unpaired) electrons. The van der Waals surface area contributed by atoms with Crippen molar-refractivity contribution in [2.45, 2.75) is 141 Å². The Bertz CT molecular complexity index is 1400. The summed E-state index contributed by atoms with van der Waals surface area (Å²) in [5.41, 5.74) is -0.801. The van der Waals surface area contributed by atoms with Crippen LogP contribution in [0.25, 0.3) is 0 Å². The summed E-state index contributed by atoms with van der Waals surface area (Å²) in [5.74, 6) is -3.02. The number of nitrogens with zero attached hydrogens (tertiary/aromatic N) is 1. The minimum atomic E-state index is -1.49. The highest BCUT2D eigenvalue weighted by Gasteiger charge is 2.51. The van der Waals surface area contributed by atoms with E-state index in [4.69, 9.17) is 23.8 Å². The highest BCUT2D eigenvalue weighted by Crippen LogP contribution is 2.43. The molecule has 2 N–H and O–H groups in total. The molecule has 4 aliphatic rings. The molecule has 14 heteroatoms. The number of carbonyl (C=O) groups is 6. The molecular weight excluding hydrogens is 650 g/mol. The van der Waals surface area contributed by atoms with Gasteiger partial charge in [-0.15, -0.1) is 5.06 Å². The number of nitrogens with one attached hydrogen (secondary N) is 2. The van der Waals surface area contributed by atoms with Crippen molar-refractivity contribution in [2.24, 2.45) is 5.92 Å². The number of carbonyl (C=O) groups excluding carboxylic acids is 6. The van der Waals surface area contributed by atoms with Crippen molar-refractivity contribution in [2.75, 3.05) is 6.61 Å². The minimum Gasteiger partial charge on any atom is -0.459 e. The Kier molecular flexibility index (Phi) is 12.8. The molecule has 0 aliphatic carbocycles. The van der Waals surface area contributed by atoms with E-state index in [0.29, 0.717) is 30.9 Å². The fourth-order valence-corrected chi connectivity index (χ4v) is 6.39. The molecule has 8 atom stereocenters. The molecule has 276 valence electrons. The Labute approximate surface area is 293 Å². The molecule has 0 aromatic rings. The molecule has 4 amide bonds. The van der Waals surface area contributed by atoms with Crippen molar-refractivity contribution in [3.8, 4) is 0 Å². The zero-order valence-electron chi connectivity index (χ0n) is 30.0. The van der Waals surface area contributed by atoms with Gasteiger partial charge in [0, 0.05) is 38.7 Å². The van der Waals surface area contributed by atoms with Crippen LogP contribution in [0.15, 0.2) is 36.0 Å². The van der Waals surface area contributed by atoms with Crippen LogP contribution in [0.3, 0.4) is 0 Å². The summed E-state index contributed by atoms with van der Waals surface area (Å²) in [6.07, 6.45) is 10.2. The van der Waals surface area contributed by atoms with Gasteiger partial charge in [0.1, 0.15) is 11.6 Å². The van der Waals surface area contributed by atoms with E-state index in [0.717, 1.165) is 12.0 Å². The van der Waals surface area contributed by atoms with Gasteiger partial charge < -0.3 is 34.4 Å². The molecule has 14 nitrogen and oxygen atoms in total. The monoisotopic (exact) mass is 701 g/mol. The van der Waals surface area contributed by atoms with Gasteiger partial charge >= 0.3 is 11.9 Å². The molecule has 7 unspecified atom stereocenters. The smallest absolute Gasteiger partial charge is 0.357 e. The number of ether oxygens (including phenoxy) is 4. The maximum atomic E-state index is 13.0. The predicted molar refractivity (Wildman–Crippen MR) is 179 cm³/mol. The molecule has 4 aliphatic heterocycles. The van der Waals surface area contributed by atoms with E-state index in [2.05, 4.69) is 23.6 Å². The number of hydroxylamine groups is 2. The van der Waals surface area contributed by atoms with Crippen molar-refractivity contribution in [3.05, 3.63) is 36.0 Å². The Morgan fingerprint density at radius 2 is 1.74 bits per heavy atom. The molecule has 0 aromatic heterocycles. The van der Waals surface area contributed by atoms with E-state index in [1.54, 1.807) is 13.0 Å². The fraction of sp³-hybridized carbons (Fsp3) is 0.667. The number of amides is 4. The van der Waals surface area contributed by atoms with Crippen LogP contribution in [0.2, 0.25) is 0 Å². The maximum absolute atomic E-state index is 13.0. The molecule has 4 fully saturated rings. The molecule has 4 heterocycles. The van der Waals surface area contributed by atoms with Crippen LogP contribution in [-0.2, 0) is 52.6 Å². The maximum Gasteiger partial charge on any atom is 0.357 e. The van der Waals surface area contributed by atoms with E-state index >= 15 is 0 Å². The van der Waals surface area contributed by atoms with Crippen molar-refractivity contribution < 1.29 is 52.6 Å². The van der Waals surface area contributed by atoms with E-state index in [9.17, 15) is 28.8 Å². The summed E-state index contributed by atoms with van der Waals surface area (Å²) in [4.78, 5) is 77.8. The van der Waals surface area contributed by atoms with Crippen molar-refractivity contribution >= 4 is 35.6 Å².